The lowest BCUT2D eigenvalue weighted by atomic mass is 9.95. The molecule has 0 bridgehead atoms. The van der Waals surface area contributed by atoms with Gasteiger partial charge in [0.2, 0.25) is 0 Å². The summed E-state index contributed by atoms with van der Waals surface area (Å²) < 4.78 is 6.15. The second-order valence-corrected chi connectivity index (χ2v) is 6.84. The lowest BCUT2D eigenvalue weighted by molar-refractivity contribution is -0.150. The summed E-state index contributed by atoms with van der Waals surface area (Å²) in [5.74, 6) is 0.811. The molecule has 0 amide bonds. The van der Waals surface area contributed by atoms with Crippen LogP contribution in [0.4, 0.5) is 0 Å². The van der Waals surface area contributed by atoms with Gasteiger partial charge in [0.25, 0.3) is 0 Å². The molecule has 1 rings (SSSR count). The third-order valence-electron chi connectivity index (χ3n) is 3.31. The SMILES string of the molecule is CCOC(=O)C(C)(CCCCSc1ncccc1Br)NC. The molecule has 0 saturated heterocycles. The van der Waals surface area contributed by atoms with Gasteiger partial charge in [-0.25, -0.2) is 4.98 Å². The van der Waals surface area contributed by atoms with Crippen molar-refractivity contribution in [3.8, 4) is 0 Å². The quantitative estimate of drug-likeness (QED) is 0.406. The monoisotopic (exact) mass is 374 g/mol. The summed E-state index contributed by atoms with van der Waals surface area (Å²) in [6.07, 6.45) is 4.57. The Morgan fingerprint density at radius 1 is 1.52 bits per heavy atom. The van der Waals surface area contributed by atoms with Gasteiger partial charge in [0, 0.05) is 10.7 Å². The van der Waals surface area contributed by atoms with Crippen molar-refractivity contribution < 1.29 is 9.53 Å². The molecule has 0 fully saturated rings. The number of carbonyl (C=O) groups is 1. The Balaban J connectivity index is 2.32. The summed E-state index contributed by atoms with van der Waals surface area (Å²) >= 11 is 5.22. The van der Waals surface area contributed by atoms with Crippen LogP contribution in [0.3, 0.4) is 0 Å². The number of unbranched alkanes of at least 4 members (excludes halogenated alkanes) is 1. The summed E-state index contributed by atoms with van der Waals surface area (Å²) in [6.45, 7) is 4.14. The minimum atomic E-state index is -0.591. The summed E-state index contributed by atoms with van der Waals surface area (Å²) in [5.41, 5.74) is -0.591. The van der Waals surface area contributed by atoms with Crippen LogP contribution >= 0.6 is 27.7 Å². The molecule has 0 aromatic carbocycles. The molecule has 21 heavy (non-hydrogen) atoms. The van der Waals surface area contributed by atoms with Crippen molar-refractivity contribution in [1.82, 2.24) is 10.3 Å². The van der Waals surface area contributed by atoms with E-state index < -0.39 is 5.54 Å². The van der Waals surface area contributed by atoms with E-state index in [0.29, 0.717) is 6.61 Å². The summed E-state index contributed by atoms with van der Waals surface area (Å²) in [4.78, 5) is 16.2. The number of aromatic nitrogens is 1. The second-order valence-electron chi connectivity index (χ2n) is 4.90. The van der Waals surface area contributed by atoms with Crippen molar-refractivity contribution in [2.24, 2.45) is 0 Å². The van der Waals surface area contributed by atoms with Crippen molar-refractivity contribution in [1.29, 1.82) is 0 Å². The number of halogens is 1. The number of nitrogens with one attached hydrogen (secondary N) is 1. The first-order chi connectivity index (χ1) is 10.0. The van der Waals surface area contributed by atoms with E-state index in [-0.39, 0.29) is 5.97 Å². The van der Waals surface area contributed by atoms with Gasteiger partial charge in [-0.2, -0.15) is 0 Å². The number of nitrogens with zero attached hydrogens (tertiary/aromatic N) is 1. The summed E-state index contributed by atoms with van der Waals surface area (Å²) in [7, 11) is 1.80. The molecule has 0 saturated carbocycles. The number of likely N-dealkylation sites (N-methyl/N-ethyl adjacent to an activating group) is 1. The van der Waals surface area contributed by atoms with E-state index in [9.17, 15) is 4.79 Å². The van der Waals surface area contributed by atoms with Crippen LogP contribution in [0.2, 0.25) is 0 Å². The number of hydrogen-bond acceptors (Lipinski definition) is 5. The fraction of sp³-hybridized carbons (Fsp3) is 0.600. The molecule has 0 aliphatic rings. The van der Waals surface area contributed by atoms with Crippen LogP contribution in [0.1, 0.15) is 33.1 Å². The van der Waals surface area contributed by atoms with Crippen LogP contribution in [-0.4, -0.2) is 35.9 Å². The molecule has 0 aliphatic heterocycles. The van der Waals surface area contributed by atoms with Crippen molar-refractivity contribution in [3.05, 3.63) is 22.8 Å². The van der Waals surface area contributed by atoms with Crippen molar-refractivity contribution in [2.45, 2.75) is 43.7 Å². The molecule has 1 N–H and O–H groups in total. The molecule has 1 aromatic heterocycles. The van der Waals surface area contributed by atoms with Crippen LogP contribution in [0.5, 0.6) is 0 Å². The van der Waals surface area contributed by atoms with E-state index in [1.165, 1.54) is 0 Å². The van der Waals surface area contributed by atoms with Gasteiger partial charge in [-0.3, -0.25) is 4.79 Å². The summed E-state index contributed by atoms with van der Waals surface area (Å²) in [5, 5.41) is 4.09. The Morgan fingerprint density at radius 2 is 2.29 bits per heavy atom. The third-order valence-corrected chi connectivity index (χ3v) is 5.31. The van der Waals surface area contributed by atoms with Crippen LogP contribution in [-0.2, 0) is 9.53 Å². The number of pyridine rings is 1. The van der Waals surface area contributed by atoms with Crippen LogP contribution < -0.4 is 5.32 Å². The van der Waals surface area contributed by atoms with Gasteiger partial charge in [0.1, 0.15) is 10.6 Å². The second kappa shape index (κ2) is 9.43. The molecule has 4 nitrogen and oxygen atoms in total. The molecule has 0 aliphatic carbocycles. The molecule has 1 heterocycles. The zero-order chi connectivity index (χ0) is 15.7. The largest absolute Gasteiger partial charge is 0.465 e. The maximum atomic E-state index is 11.9. The van der Waals surface area contributed by atoms with Gasteiger partial charge in [-0.1, -0.05) is 6.42 Å². The Hall–Kier alpha value is -0.590. The standard InChI is InChI=1S/C15H23BrN2O2S/c1-4-20-14(19)15(2,17-3)9-5-6-11-21-13-12(16)8-7-10-18-13/h7-8,10,17H,4-6,9,11H2,1-3H3. The number of carbonyl (C=O) groups excluding carboxylic acids is 1. The number of esters is 1. The number of ether oxygens (including phenoxy) is 1. The van der Waals surface area contributed by atoms with Crippen molar-refractivity contribution in [2.75, 3.05) is 19.4 Å². The molecule has 0 radical (unpaired) electrons. The molecule has 1 aromatic rings. The van der Waals surface area contributed by atoms with E-state index in [0.717, 1.165) is 34.5 Å². The lowest BCUT2D eigenvalue weighted by Gasteiger charge is -2.26. The number of hydrogen-bond donors (Lipinski definition) is 1. The van der Waals surface area contributed by atoms with Crippen molar-refractivity contribution >= 4 is 33.7 Å². The van der Waals surface area contributed by atoms with Gasteiger partial charge < -0.3 is 10.1 Å². The molecule has 6 heteroatoms. The van der Waals surface area contributed by atoms with E-state index in [4.69, 9.17) is 4.74 Å². The van der Waals surface area contributed by atoms with Crippen LogP contribution in [0.25, 0.3) is 0 Å². The highest BCUT2D eigenvalue weighted by Gasteiger charge is 2.32. The zero-order valence-electron chi connectivity index (χ0n) is 12.8. The number of thioether (sulfide) groups is 1. The minimum Gasteiger partial charge on any atom is -0.465 e. The fourth-order valence-corrected chi connectivity index (χ4v) is 3.33. The molecule has 118 valence electrons. The average Bonchev–Trinajstić information content (AvgIpc) is 2.48. The van der Waals surface area contributed by atoms with Gasteiger partial charge in [-0.15, -0.1) is 11.8 Å². The van der Waals surface area contributed by atoms with Gasteiger partial charge in [0.15, 0.2) is 0 Å². The van der Waals surface area contributed by atoms with Gasteiger partial charge in [-0.05, 0) is 67.6 Å². The highest BCUT2D eigenvalue weighted by molar-refractivity contribution is 9.10. The molecular formula is C15H23BrN2O2S. The fourth-order valence-electron chi connectivity index (χ4n) is 1.85. The number of rotatable bonds is 9. The molecule has 1 atom stereocenters. The Labute approximate surface area is 139 Å². The molecular weight excluding hydrogens is 352 g/mol. The topological polar surface area (TPSA) is 51.2 Å². The smallest absolute Gasteiger partial charge is 0.326 e. The van der Waals surface area contributed by atoms with Crippen LogP contribution in [0, 0.1) is 0 Å². The van der Waals surface area contributed by atoms with E-state index in [1.807, 2.05) is 26.0 Å². The molecule has 1 unspecified atom stereocenters. The maximum Gasteiger partial charge on any atom is 0.326 e. The highest BCUT2D eigenvalue weighted by Crippen LogP contribution is 2.26. The summed E-state index contributed by atoms with van der Waals surface area (Å²) in [6, 6.07) is 3.90. The predicted octanol–water partition coefficient (Wildman–Crippen LogP) is 3.65. The Morgan fingerprint density at radius 3 is 2.90 bits per heavy atom. The van der Waals surface area contributed by atoms with E-state index >= 15 is 0 Å². The first kappa shape index (κ1) is 18.5. The van der Waals surface area contributed by atoms with Crippen molar-refractivity contribution in [3.63, 3.8) is 0 Å². The normalized spacial score (nSPS) is 13.7. The van der Waals surface area contributed by atoms with Crippen LogP contribution in [0.15, 0.2) is 27.8 Å². The Kier molecular flexibility index (Phi) is 8.29. The first-order valence-corrected chi connectivity index (χ1v) is 8.91. The minimum absolute atomic E-state index is 0.173. The van der Waals surface area contributed by atoms with E-state index in [1.54, 1.807) is 25.0 Å². The predicted molar refractivity (Wildman–Crippen MR) is 90.6 cm³/mol. The Bertz CT molecular complexity index is 459. The zero-order valence-corrected chi connectivity index (χ0v) is 15.2. The van der Waals surface area contributed by atoms with Gasteiger partial charge >= 0.3 is 5.97 Å². The highest BCUT2D eigenvalue weighted by atomic mass is 79.9. The lowest BCUT2D eigenvalue weighted by Crippen LogP contribution is -2.48. The first-order valence-electron chi connectivity index (χ1n) is 7.13. The maximum absolute atomic E-state index is 11.9. The third kappa shape index (κ3) is 5.96. The van der Waals surface area contributed by atoms with Gasteiger partial charge in [0.05, 0.1) is 6.61 Å². The average molecular weight is 375 g/mol. The van der Waals surface area contributed by atoms with E-state index in [2.05, 4.69) is 26.2 Å². The molecule has 0 spiro atoms.